The summed E-state index contributed by atoms with van der Waals surface area (Å²) in [5, 5.41) is 0. The van der Waals surface area contributed by atoms with E-state index in [1.807, 2.05) is 0 Å². The molecule has 0 bridgehead atoms. The molecule has 0 fully saturated rings. The van der Waals surface area contributed by atoms with Crippen LogP contribution < -0.4 is 5.73 Å². The largest absolute Gasteiger partial charge is 0.502 e. The Kier molecular flexibility index (Phi) is 5.64. The van der Waals surface area contributed by atoms with Gasteiger partial charge in [-0.25, -0.2) is 16.8 Å². The average molecular weight is 409 g/mol. The van der Waals surface area contributed by atoms with Gasteiger partial charge in [-0.1, -0.05) is 24.3 Å². The number of allylic oxidation sites excluding steroid dienone is 2. The Morgan fingerprint density at radius 3 is 1.60 bits per heavy atom. The van der Waals surface area contributed by atoms with Crippen molar-refractivity contribution in [1.29, 1.82) is 0 Å². The van der Waals surface area contributed by atoms with Gasteiger partial charge in [0, 0.05) is 5.69 Å². The fourth-order valence-corrected chi connectivity index (χ4v) is 4.09. The van der Waals surface area contributed by atoms with E-state index in [9.17, 15) is 43.2 Å². The molecule has 0 saturated carbocycles. The number of rotatable bonds is 4. The van der Waals surface area contributed by atoms with Crippen molar-refractivity contribution in [2.24, 2.45) is 0 Å². The number of alkyl halides is 6. The van der Waals surface area contributed by atoms with Crippen LogP contribution in [0.15, 0.2) is 40.7 Å². The van der Waals surface area contributed by atoms with Gasteiger partial charge in [0.15, 0.2) is 4.24 Å². The Hall–Kier alpha value is -2.02. The van der Waals surface area contributed by atoms with Gasteiger partial charge in [-0.05, 0) is 23.8 Å². The summed E-state index contributed by atoms with van der Waals surface area (Å²) in [7, 11) is -13.5. The van der Waals surface area contributed by atoms with E-state index in [2.05, 4.69) is 0 Å². The van der Waals surface area contributed by atoms with Gasteiger partial charge >= 0.3 is 11.0 Å². The molecule has 1 aromatic carbocycles. The predicted octanol–water partition coefficient (Wildman–Crippen LogP) is 2.99. The third-order valence-electron chi connectivity index (χ3n) is 2.60. The van der Waals surface area contributed by atoms with Crippen LogP contribution in [0.25, 0.3) is 6.08 Å². The molecule has 0 heterocycles. The minimum absolute atomic E-state index is 0.221. The first-order valence-electron chi connectivity index (χ1n) is 5.97. The average Bonchev–Trinajstić information content (AvgIpc) is 2.42. The molecule has 0 unspecified atom stereocenters. The minimum Gasteiger partial charge on any atom is -0.399 e. The maximum Gasteiger partial charge on any atom is 0.502 e. The van der Waals surface area contributed by atoms with E-state index in [4.69, 9.17) is 5.73 Å². The zero-order chi connectivity index (χ0) is 19.7. The van der Waals surface area contributed by atoms with Crippen LogP contribution >= 0.6 is 0 Å². The van der Waals surface area contributed by atoms with Crippen LogP contribution in [0.4, 0.5) is 32.0 Å². The molecule has 0 aliphatic carbocycles. The van der Waals surface area contributed by atoms with Crippen LogP contribution in [0.5, 0.6) is 0 Å². The van der Waals surface area contributed by atoms with E-state index < -0.39 is 34.9 Å². The monoisotopic (exact) mass is 409 g/mol. The normalized spacial score (nSPS) is 13.8. The summed E-state index contributed by atoms with van der Waals surface area (Å²) in [6.45, 7) is 0. The van der Waals surface area contributed by atoms with Crippen molar-refractivity contribution in [3.8, 4) is 0 Å². The molecule has 25 heavy (non-hydrogen) atoms. The zero-order valence-electron chi connectivity index (χ0n) is 11.8. The van der Waals surface area contributed by atoms with E-state index in [1.165, 1.54) is 24.3 Å². The molecule has 1 aromatic rings. The van der Waals surface area contributed by atoms with Gasteiger partial charge in [0.05, 0.1) is 0 Å². The SMILES string of the molecule is Nc1ccc(C=CC=C(S(=O)(=O)C(F)(F)F)S(=O)(=O)C(F)(F)F)cc1. The first kappa shape index (κ1) is 21.0. The highest BCUT2D eigenvalue weighted by atomic mass is 32.3. The lowest BCUT2D eigenvalue weighted by molar-refractivity contribution is -0.0444. The fourth-order valence-electron chi connectivity index (χ4n) is 1.40. The molecule has 0 amide bonds. The summed E-state index contributed by atoms with van der Waals surface area (Å²) in [5.41, 5.74) is -6.56. The molecule has 0 aromatic heterocycles. The molecule has 0 radical (unpaired) electrons. The van der Waals surface area contributed by atoms with Gasteiger partial charge in [-0.15, -0.1) is 0 Å². The molecular weight excluding hydrogens is 400 g/mol. The number of anilines is 1. The van der Waals surface area contributed by atoms with E-state index in [0.717, 1.165) is 6.08 Å². The molecule has 140 valence electrons. The molecule has 0 aliphatic heterocycles. The molecule has 1 rings (SSSR count). The van der Waals surface area contributed by atoms with E-state index in [1.54, 1.807) is 0 Å². The maximum atomic E-state index is 12.5. The highest BCUT2D eigenvalue weighted by Gasteiger charge is 2.59. The van der Waals surface area contributed by atoms with Crippen LogP contribution in [0.3, 0.4) is 0 Å². The lowest BCUT2D eigenvalue weighted by Crippen LogP contribution is -2.34. The van der Waals surface area contributed by atoms with Crippen molar-refractivity contribution in [2.45, 2.75) is 11.0 Å². The summed E-state index contributed by atoms with van der Waals surface area (Å²) < 4.78 is 117. The summed E-state index contributed by atoms with van der Waals surface area (Å²) in [6, 6.07) is 5.33. The Bertz CT molecular complexity index is 848. The predicted molar refractivity (Wildman–Crippen MR) is 77.9 cm³/mol. The van der Waals surface area contributed by atoms with Gasteiger partial charge in [-0.2, -0.15) is 26.3 Å². The Morgan fingerprint density at radius 1 is 0.840 bits per heavy atom. The molecule has 5 nitrogen and oxygen atoms in total. The van der Waals surface area contributed by atoms with Crippen LogP contribution in [-0.4, -0.2) is 27.9 Å². The van der Waals surface area contributed by atoms with Gasteiger partial charge in [0.2, 0.25) is 0 Å². The number of hydrogen-bond acceptors (Lipinski definition) is 5. The van der Waals surface area contributed by atoms with Gasteiger partial charge < -0.3 is 5.73 Å². The number of halogens is 6. The smallest absolute Gasteiger partial charge is 0.399 e. The highest BCUT2D eigenvalue weighted by molar-refractivity contribution is 8.15. The lowest BCUT2D eigenvalue weighted by Gasteiger charge is -2.13. The maximum absolute atomic E-state index is 12.5. The molecular formula is C12H9F6NO4S2. The second-order valence-electron chi connectivity index (χ2n) is 4.41. The highest BCUT2D eigenvalue weighted by Crippen LogP contribution is 2.38. The summed E-state index contributed by atoms with van der Waals surface area (Å²) >= 11 is 0. The van der Waals surface area contributed by atoms with Crippen molar-refractivity contribution in [3.63, 3.8) is 0 Å². The molecule has 0 saturated heterocycles. The molecule has 0 aliphatic rings. The van der Waals surface area contributed by atoms with E-state index in [-0.39, 0.29) is 11.6 Å². The van der Waals surface area contributed by atoms with Gasteiger partial charge in [0.1, 0.15) is 0 Å². The summed E-state index contributed by atoms with van der Waals surface area (Å²) in [4.78, 5) is 0. The number of nitrogen functional groups attached to an aromatic ring is 1. The third-order valence-corrected chi connectivity index (χ3v) is 6.46. The van der Waals surface area contributed by atoms with Crippen molar-refractivity contribution in [3.05, 3.63) is 46.2 Å². The second kappa shape index (κ2) is 6.71. The van der Waals surface area contributed by atoms with Gasteiger partial charge in [0.25, 0.3) is 19.7 Å². The minimum atomic E-state index is -6.76. The summed E-state index contributed by atoms with van der Waals surface area (Å²) in [5.74, 6) is 0. The Balaban J connectivity index is 3.50. The summed E-state index contributed by atoms with van der Waals surface area (Å²) in [6.07, 6.45) is 1.06. The zero-order valence-corrected chi connectivity index (χ0v) is 13.5. The van der Waals surface area contributed by atoms with Crippen molar-refractivity contribution < 1.29 is 43.2 Å². The Labute approximate surface area is 138 Å². The number of hydrogen-bond donors (Lipinski definition) is 1. The first-order valence-corrected chi connectivity index (χ1v) is 8.94. The number of sulfone groups is 2. The first-order chi connectivity index (χ1) is 11.1. The molecule has 0 atom stereocenters. The molecule has 0 spiro atoms. The van der Waals surface area contributed by atoms with Crippen LogP contribution in [-0.2, 0) is 19.7 Å². The second-order valence-corrected chi connectivity index (χ2v) is 8.49. The lowest BCUT2D eigenvalue weighted by atomic mass is 10.2. The van der Waals surface area contributed by atoms with Crippen molar-refractivity contribution in [2.75, 3.05) is 5.73 Å². The Morgan fingerprint density at radius 2 is 1.24 bits per heavy atom. The van der Waals surface area contributed by atoms with Crippen LogP contribution in [0.2, 0.25) is 0 Å². The van der Waals surface area contributed by atoms with Crippen LogP contribution in [0.1, 0.15) is 5.56 Å². The fraction of sp³-hybridized carbons (Fsp3) is 0.167. The third kappa shape index (κ3) is 4.54. The quantitative estimate of drug-likeness (QED) is 0.469. The molecule has 13 heteroatoms. The number of nitrogens with two attached hydrogens (primary N) is 1. The van der Waals surface area contributed by atoms with Crippen molar-refractivity contribution >= 4 is 31.4 Å². The standard InChI is InChI=1S/C12H9F6NO4S2/c13-11(14,15)24(20,21)10(25(22,23)12(16,17)18)3-1-2-8-4-6-9(19)7-5-8/h1-7H,19H2. The number of benzene rings is 1. The topological polar surface area (TPSA) is 94.3 Å². The van der Waals surface area contributed by atoms with Crippen LogP contribution in [0, 0.1) is 0 Å². The molecule has 2 N–H and O–H groups in total. The van der Waals surface area contributed by atoms with Gasteiger partial charge in [-0.3, -0.25) is 0 Å². The van der Waals surface area contributed by atoms with E-state index >= 15 is 0 Å². The van der Waals surface area contributed by atoms with Crippen molar-refractivity contribution in [1.82, 2.24) is 0 Å². The van der Waals surface area contributed by atoms with E-state index in [0.29, 0.717) is 11.8 Å².